The molecule has 0 saturated carbocycles. The maximum atomic E-state index is 6.02. The van der Waals surface area contributed by atoms with Crippen LogP contribution in [0.15, 0.2) is 30.6 Å². The Morgan fingerprint density at radius 1 is 1.11 bits per heavy atom. The molecule has 96 valence electrons. The van der Waals surface area contributed by atoms with Gasteiger partial charge in [-0.05, 0) is 31.5 Å². The molecular weight excluding hydrogens is 269 g/mol. The molecule has 0 aliphatic rings. The Labute approximate surface area is 117 Å². The summed E-state index contributed by atoms with van der Waals surface area (Å²) in [7, 11) is 0. The van der Waals surface area contributed by atoms with Crippen LogP contribution < -0.4 is 5.32 Å². The third-order valence-corrected chi connectivity index (χ3v) is 3.70. The van der Waals surface area contributed by atoms with Crippen LogP contribution in [0.2, 0.25) is 10.0 Å². The first kappa shape index (κ1) is 13.4. The average Bonchev–Trinajstić information content (AvgIpc) is 2.86. The zero-order valence-electron chi connectivity index (χ0n) is 10.2. The standard InChI is InChI=1S/C13H15Cl2N3/c1-8(10-3-4-12(14)13(15)5-10)18-9(2)11-6-16-17-7-11/h3-9,18H,1-2H3,(H,16,17). The molecule has 2 aromatic rings. The first-order chi connectivity index (χ1) is 8.58. The number of halogens is 2. The van der Waals surface area contributed by atoms with Crippen LogP contribution in [0, 0.1) is 0 Å². The van der Waals surface area contributed by atoms with Crippen molar-refractivity contribution in [2.45, 2.75) is 25.9 Å². The van der Waals surface area contributed by atoms with E-state index in [9.17, 15) is 0 Å². The summed E-state index contributed by atoms with van der Waals surface area (Å²) in [6.45, 7) is 4.19. The van der Waals surface area contributed by atoms with Crippen LogP contribution in [0.25, 0.3) is 0 Å². The summed E-state index contributed by atoms with van der Waals surface area (Å²) in [5, 5.41) is 11.4. The lowest BCUT2D eigenvalue weighted by Crippen LogP contribution is -2.22. The molecular formula is C13H15Cl2N3. The number of hydrogen-bond donors (Lipinski definition) is 2. The molecule has 0 radical (unpaired) electrons. The molecule has 1 aromatic heterocycles. The van der Waals surface area contributed by atoms with Gasteiger partial charge < -0.3 is 5.32 Å². The summed E-state index contributed by atoms with van der Waals surface area (Å²) in [6, 6.07) is 6.09. The Hall–Kier alpha value is -1.03. The van der Waals surface area contributed by atoms with E-state index in [1.54, 1.807) is 0 Å². The van der Waals surface area contributed by atoms with Gasteiger partial charge in [-0.15, -0.1) is 0 Å². The minimum absolute atomic E-state index is 0.185. The van der Waals surface area contributed by atoms with Crippen molar-refractivity contribution in [3.8, 4) is 0 Å². The number of aromatic amines is 1. The van der Waals surface area contributed by atoms with Crippen molar-refractivity contribution >= 4 is 23.2 Å². The maximum absolute atomic E-state index is 6.02. The van der Waals surface area contributed by atoms with Gasteiger partial charge in [0.05, 0.1) is 16.2 Å². The molecule has 0 fully saturated rings. The first-order valence-corrected chi connectivity index (χ1v) is 6.53. The molecule has 2 rings (SSSR count). The van der Waals surface area contributed by atoms with E-state index in [0.29, 0.717) is 10.0 Å². The van der Waals surface area contributed by atoms with Gasteiger partial charge in [-0.1, -0.05) is 29.3 Å². The predicted molar refractivity (Wildman–Crippen MR) is 75.0 cm³/mol. The normalized spacial score (nSPS) is 14.4. The second kappa shape index (κ2) is 5.74. The Kier molecular flexibility index (Phi) is 4.27. The van der Waals surface area contributed by atoms with Crippen molar-refractivity contribution in [1.29, 1.82) is 0 Å². The van der Waals surface area contributed by atoms with E-state index in [1.807, 2.05) is 30.6 Å². The third-order valence-electron chi connectivity index (χ3n) is 2.96. The van der Waals surface area contributed by atoms with Gasteiger partial charge in [-0.2, -0.15) is 5.10 Å². The van der Waals surface area contributed by atoms with Crippen LogP contribution in [0.5, 0.6) is 0 Å². The predicted octanol–water partition coefficient (Wildman–Crippen LogP) is 4.13. The lowest BCUT2D eigenvalue weighted by atomic mass is 10.1. The highest BCUT2D eigenvalue weighted by Gasteiger charge is 2.12. The molecule has 3 nitrogen and oxygen atoms in total. The third kappa shape index (κ3) is 3.05. The van der Waals surface area contributed by atoms with Gasteiger partial charge in [0.25, 0.3) is 0 Å². The molecule has 1 heterocycles. The number of H-pyrrole nitrogens is 1. The summed E-state index contributed by atoms with van der Waals surface area (Å²) < 4.78 is 0. The van der Waals surface area contributed by atoms with Gasteiger partial charge in [0.2, 0.25) is 0 Å². The first-order valence-electron chi connectivity index (χ1n) is 5.77. The van der Waals surface area contributed by atoms with Crippen molar-refractivity contribution in [1.82, 2.24) is 15.5 Å². The largest absolute Gasteiger partial charge is 0.304 e. The van der Waals surface area contributed by atoms with Gasteiger partial charge in [0.1, 0.15) is 0 Å². The number of nitrogens with one attached hydrogen (secondary N) is 2. The molecule has 0 aliphatic heterocycles. The molecule has 0 saturated heterocycles. The van der Waals surface area contributed by atoms with Gasteiger partial charge in [0.15, 0.2) is 0 Å². The molecule has 0 bridgehead atoms. The zero-order valence-corrected chi connectivity index (χ0v) is 11.8. The second-order valence-electron chi connectivity index (χ2n) is 4.32. The van der Waals surface area contributed by atoms with Crippen LogP contribution in [0.1, 0.15) is 37.1 Å². The fraction of sp³-hybridized carbons (Fsp3) is 0.308. The van der Waals surface area contributed by atoms with E-state index in [1.165, 1.54) is 0 Å². The summed E-state index contributed by atoms with van der Waals surface area (Å²) in [4.78, 5) is 0. The highest BCUT2D eigenvalue weighted by Crippen LogP contribution is 2.26. The van der Waals surface area contributed by atoms with Gasteiger partial charge in [-0.25, -0.2) is 0 Å². The number of hydrogen-bond acceptors (Lipinski definition) is 2. The Balaban J connectivity index is 2.07. The number of benzene rings is 1. The summed E-state index contributed by atoms with van der Waals surface area (Å²) in [5.41, 5.74) is 2.24. The fourth-order valence-corrected chi connectivity index (χ4v) is 2.15. The highest BCUT2D eigenvalue weighted by atomic mass is 35.5. The van der Waals surface area contributed by atoms with Crippen LogP contribution in [-0.4, -0.2) is 10.2 Å². The van der Waals surface area contributed by atoms with Crippen LogP contribution >= 0.6 is 23.2 Å². The Morgan fingerprint density at radius 3 is 2.44 bits per heavy atom. The number of rotatable bonds is 4. The van der Waals surface area contributed by atoms with Crippen molar-refractivity contribution in [2.24, 2.45) is 0 Å². The molecule has 2 N–H and O–H groups in total. The van der Waals surface area contributed by atoms with Crippen molar-refractivity contribution in [3.05, 3.63) is 51.8 Å². The Bertz CT molecular complexity index is 511. The minimum Gasteiger partial charge on any atom is -0.304 e. The second-order valence-corrected chi connectivity index (χ2v) is 5.13. The number of nitrogens with zero attached hydrogens (tertiary/aromatic N) is 1. The molecule has 2 atom stereocenters. The Morgan fingerprint density at radius 2 is 1.83 bits per heavy atom. The molecule has 0 amide bonds. The van der Waals surface area contributed by atoms with E-state index >= 15 is 0 Å². The fourth-order valence-electron chi connectivity index (χ4n) is 1.85. The average molecular weight is 284 g/mol. The van der Waals surface area contributed by atoms with E-state index in [4.69, 9.17) is 23.2 Å². The highest BCUT2D eigenvalue weighted by molar-refractivity contribution is 6.42. The van der Waals surface area contributed by atoms with E-state index < -0.39 is 0 Å². The quantitative estimate of drug-likeness (QED) is 0.886. The van der Waals surface area contributed by atoms with Gasteiger partial charge in [0, 0.05) is 23.8 Å². The topological polar surface area (TPSA) is 40.7 Å². The van der Waals surface area contributed by atoms with E-state index in [2.05, 4.69) is 29.4 Å². The van der Waals surface area contributed by atoms with Crippen molar-refractivity contribution in [3.63, 3.8) is 0 Å². The van der Waals surface area contributed by atoms with Crippen molar-refractivity contribution < 1.29 is 0 Å². The molecule has 1 aromatic carbocycles. The monoisotopic (exact) mass is 283 g/mol. The van der Waals surface area contributed by atoms with E-state index in [0.717, 1.165) is 11.1 Å². The molecule has 18 heavy (non-hydrogen) atoms. The summed E-state index contributed by atoms with van der Waals surface area (Å²) >= 11 is 11.9. The zero-order chi connectivity index (χ0) is 13.1. The molecule has 5 heteroatoms. The number of aromatic nitrogens is 2. The molecule has 0 aliphatic carbocycles. The lowest BCUT2D eigenvalue weighted by Gasteiger charge is -2.19. The summed E-state index contributed by atoms with van der Waals surface area (Å²) in [5.74, 6) is 0. The van der Waals surface area contributed by atoms with Gasteiger partial charge >= 0.3 is 0 Å². The van der Waals surface area contributed by atoms with Gasteiger partial charge in [-0.3, -0.25) is 5.10 Å². The smallest absolute Gasteiger partial charge is 0.0595 e. The molecule has 0 spiro atoms. The molecule has 2 unspecified atom stereocenters. The van der Waals surface area contributed by atoms with Crippen LogP contribution in [-0.2, 0) is 0 Å². The lowest BCUT2D eigenvalue weighted by molar-refractivity contribution is 0.495. The SMILES string of the molecule is CC(NC(C)c1ccc(Cl)c(Cl)c1)c1cn[nH]c1. The van der Waals surface area contributed by atoms with Crippen molar-refractivity contribution in [2.75, 3.05) is 0 Å². The summed E-state index contributed by atoms with van der Waals surface area (Å²) in [6.07, 6.45) is 3.71. The van der Waals surface area contributed by atoms with Crippen LogP contribution in [0.3, 0.4) is 0 Å². The van der Waals surface area contributed by atoms with E-state index in [-0.39, 0.29) is 12.1 Å². The van der Waals surface area contributed by atoms with Crippen LogP contribution in [0.4, 0.5) is 0 Å². The minimum atomic E-state index is 0.185. The maximum Gasteiger partial charge on any atom is 0.0595 e.